The van der Waals surface area contributed by atoms with Crippen LogP contribution in [-0.4, -0.2) is 23.6 Å². The second-order valence-electron chi connectivity index (χ2n) is 7.83. The first kappa shape index (κ1) is 20.0. The maximum Gasteiger partial charge on any atom is 0.336 e. The maximum atomic E-state index is 13.5. The van der Waals surface area contributed by atoms with Crippen molar-refractivity contribution in [1.82, 2.24) is 0 Å². The third kappa shape index (κ3) is 3.25. The van der Waals surface area contributed by atoms with Crippen LogP contribution in [-0.2, 0) is 5.60 Å². The molecule has 0 radical (unpaired) electrons. The summed E-state index contributed by atoms with van der Waals surface area (Å²) >= 11 is 0. The Balaban J connectivity index is 1.70. The van der Waals surface area contributed by atoms with Gasteiger partial charge in [0.05, 0.1) is 0 Å². The molecule has 2 heterocycles. The number of hydrogen-bond acceptors (Lipinski definition) is 6. The normalized spacial score (nSPS) is 20.0. The van der Waals surface area contributed by atoms with Crippen LogP contribution in [0.2, 0.25) is 0 Å². The number of Topliss-reactive ketones (excluding diaryl/α,β-unsaturated/α-hetero) is 1. The molecule has 1 aliphatic heterocycles. The second kappa shape index (κ2) is 7.66. The summed E-state index contributed by atoms with van der Waals surface area (Å²) in [5.41, 5.74) is -0.490. The Bertz CT molecular complexity index is 1360. The molecule has 0 spiro atoms. The van der Waals surface area contributed by atoms with Crippen LogP contribution in [0.3, 0.4) is 0 Å². The van der Waals surface area contributed by atoms with E-state index in [4.69, 9.17) is 13.9 Å². The van der Waals surface area contributed by atoms with Crippen LogP contribution in [0.5, 0.6) is 11.5 Å². The minimum absolute atomic E-state index is 0.181. The fraction of sp³-hybridized carbons (Fsp3) is 0.154. The Labute approximate surface area is 183 Å². The summed E-state index contributed by atoms with van der Waals surface area (Å²) < 4.78 is 17.6. The molecule has 6 nitrogen and oxygen atoms in total. The maximum absolute atomic E-state index is 13.5. The molecule has 0 saturated heterocycles. The molecule has 6 heteroatoms. The first-order valence-electron chi connectivity index (χ1n) is 10.2. The van der Waals surface area contributed by atoms with Crippen molar-refractivity contribution in [2.45, 2.75) is 18.6 Å². The van der Waals surface area contributed by atoms with Crippen molar-refractivity contribution >= 4 is 16.8 Å². The van der Waals surface area contributed by atoms with Gasteiger partial charge in [-0.2, -0.15) is 0 Å². The molecule has 2 unspecified atom stereocenters. The number of aliphatic hydroxyl groups is 1. The van der Waals surface area contributed by atoms with Crippen LogP contribution in [0.1, 0.15) is 21.5 Å². The van der Waals surface area contributed by atoms with E-state index in [1.807, 2.05) is 12.1 Å². The SMILES string of the molecule is Cc1cc(=O)oc2c3c(ccc12)OC(C(=O)c1ccccc1)C(O)(c1ccccc1)CO3. The minimum atomic E-state index is -1.79. The lowest BCUT2D eigenvalue weighted by molar-refractivity contribution is -0.0677. The highest BCUT2D eigenvalue weighted by Gasteiger charge is 2.48. The number of fused-ring (bicyclic) bond motifs is 3. The quantitative estimate of drug-likeness (QED) is 0.392. The summed E-state index contributed by atoms with van der Waals surface area (Å²) in [6.07, 6.45) is -1.29. The number of carbonyl (C=O) groups is 1. The zero-order chi connectivity index (χ0) is 22.3. The first-order valence-corrected chi connectivity index (χ1v) is 10.2. The van der Waals surface area contributed by atoms with E-state index in [9.17, 15) is 14.7 Å². The van der Waals surface area contributed by atoms with Gasteiger partial charge in [0.15, 0.2) is 23.0 Å². The number of ether oxygens (including phenoxy) is 2. The Morgan fingerprint density at radius 3 is 2.41 bits per heavy atom. The first-order chi connectivity index (χ1) is 15.5. The smallest absolute Gasteiger partial charge is 0.336 e. The van der Waals surface area contributed by atoms with E-state index in [2.05, 4.69) is 0 Å². The van der Waals surface area contributed by atoms with Crippen molar-refractivity contribution in [1.29, 1.82) is 0 Å². The van der Waals surface area contributed by atoms with Gasteiger partial charge in [0.2, 0.25) is 11.5 Å². The van der Waals surface area contributed by atoms with E-state index in [0.717, 1.165) is 5.56 Å². The third-order valence-corrected chi connectivity index (χ3v) is 5.72. The highest BCUT2D eigenvalue weighted by atomic mass is 16.6. The van der Waals surface area contributed by atoms with Gasteiger partial charge in [0.1, 0.15) is 6.61 Å². The van der Waals surface area contributed by atoms with Gasteiger partial charge in [-0.15, -0.1) is 0 Å². The van der Waals surface area contributed by atoms with E-state index in [1.54, 1.807) is 67.6 Å². The number of aryl methyl sites for hydroxylation is 1. The van der Waals surface area contributed by atoms with Crippen LogP contribution < -0.4 is 15.1 Å². The summed E-state index contributed by atoms with van der Waals surface area (Å²) in [6, 6.07) is 22.3. The van der Waals surface area contributed by atoms with Crippen molar-refractivity contribution in [2.75, 3.05) is 6.61 Å². The number of benzene rings is 3. The average molecular weight is 428 g/mol. The van der Waals surface area contributed by atoms with Crippen molar-refractivity contribution in [3.63, 3.8) is 0 Å². The monoisotopic (exact) mass is 428 g/mol. The van der Waals surface area contributed by atoms with E-state index >= 15 is 0 Å². The molecule has 32 heavy (non-hydrogen) atoms. The molecule has 0 bridgehead atoms. The second-order valence-corrected chi connectivity index (χ2v) is 7.83. The lowest BCUT2D eigenvalue weighted by Crippen LogP contribution is -2.51. The van der Waals surface area contributed by atoms with E-state index in [0.29, 0.717) is 16.5 Å². The lowest BCUT2D eigenvalue weighted by atomic mass is 9.84. The van der Waals surface area contributed by atoms with E-state index in [1.165, 1.54) is 6.07 Å². The molecule has 1 aliphatic rings. The zero-order valence-corrected chi connectivity index (χ0v) is 17.3. The van der Waals surface area contributed by atoms with Crippen molar-refractivity contribution in [2.24, 2.45) is 0 Å². The molecule has 0 fully saturated rings. The summed E-state index contributed by atoms with van der Waals surface area (Å²) in [5, 5.41) is 12.5. The third-order valence-electron chi connectivity index (χ3n) is 5.72. The molecule has 3 aromatic carbocycles. The molecule has 1 aromatic heterocycles. The summed E-state index contributed by atoms with van der Waals surface area (Å²) in [7, 11) is 0. The van der Waals surface area contributed by atoms with Crippen LogP contribution in [0.25, 0.3) is 11.0 Å². The van der Waals surface area contributed by atoms with Gasteiger partial charge >= 0.3 is 5.63 Å². The van der Waals surface area contributed by atoms with Crippen molar-refractivity contribution in [3.8, 4) is 11.5 Å². The Kier molecular flexibility index (Phi) is 4.79. The van der Waals surface area contributed by atoms with Crippen molar-refractivity contribution < 1.29 is 23.8 Å². The Morgan fingerprint density at radius 2 is 1.69 bits per heavy atom. The van der Waals surface area contributed by atoms with E-state index < -0.39 is 17.3 Å². The predicted octanol–water partition coefficient (Wildman–Crippen LogP) is 4.01. The largest absolute Gasteiger partial charge is 0.483 e. The number of hydrogen-bond donors (Lipinski definition) is 1. The molecule has 0 amide bonds. The van der Waals surface area contributed by atoms with E-state index in [-0.39, 0.29) is 29.5 Å². The zero-order valence-electron chi connectivity index (χ0n) is 17.3. The van der Waals surface area contributed by atoms with Gasteiger partial charge in [-0.25, -0.2) is 4.79 Å². The van der Waals surface area contributed by atoms with Gasteiger partial charge in [-0.05, 0) is 30.2 Å². The number of carbonyl (C=O) groups excluding carboxylic acids is 1. The van der Waals surface area contributed by atoms with Crippen LogP contribution >= 0.6 is 0 Å². The predicted molar refractivity (Wildman–Crippen MR) is 118 cm³/mol. The van der Waals surface area contributed by atoms with Gasteiger partial charge in [-0.1, -0.05) is 60.7 Å². The summed E-state index contributed by atoms with van der Waals surface area (Å²) in [6.45, 7) is 1.52. The standard InChI is InChI=1S/C26H20O6/c1-16-14-21(27)32-23-19(16)12-13-20-24(23)30-15-26(29,18-10-6-3-7-11-18)25(31-20)22(28)17-8-4-2-5-9-17/h2-14,25,29H,15H2,1H3. The molecule has 5 rings (SSSR count). The molecular weight excluding hydrogens is 408 g/mol. The molecule has 160 valence electrons. The summed E-state index contributed by atoms with van der Waals surface area (Å²) in [4.78, 5) is 25.5. The number of rotatable bonds is 3. The molecule has 0 saturated carbocycles. The average Bonchev–Trinajstić information content (AvgIpc) is 2.97. The summed E-state index contributed by atoms with van der Waals surface area (Å²) in [5.74, 6) is 0.00704. The Hall–Kier alpha value is -3.90. The van der Waals surface area contributed by atoms with Gasteiger partial charge < -0.3 is 19.0 Å². The lowest BCUT2D eigenvalue weighted by Gasteiger charge is -2.32. The highest BCUT2D eigenvalue weighted by Crippen LogP contribution is 2.43. The van der Waals surface area contributed by atoms with Crippen molar-refractivity contribution in [3.05, 3.63) is 106 Å². The molecule has 0 aliphatic carbocycles. The fourth-order valence-corrected chi connectivity index (χ4v) is 4.04. The highest BCUT2D eigenvalue weighted by molar-refractivity contribution is 6.01. The molecule has 4 aromatic rings. The molecular formula is C26H20O6. The van der Waals surface area contributed by atoms with Crippen LogP contribution in [0, 0.1) is 6.92 Å². The van der Waals surface area contributed by atoms with Gasteiger partial charge in [0.25, 0.3) is 0 Å². The minimum Gasteiger partial charge on any atom is -0.483 e. The molecule has 2 atom stereocenters. The van der Waals surface area contributed by atoms with Gasteiger partial charge in [0, 0.05) is 17.0 Å². The molecule has 1 N–H and O–H groups in total. The van der Waals surface area contributed by atoms with Gasteiger partial charge in [-0.3, -0.25) is 4.79 Å². The fourth-order valence-electron chi connectivity index (χ4n) is 4.04. The number of ketones is 1. The van der Waals surface area contributed by atoms with Crippen LogP contribution in [0.15, 0.2) is 88.1 Å². The topological polar surface area (TPSA) is 86.0 Å². The van der Waals surface area contributed by atoms with Crippen LogP contribution in [0.4, 0.5) is 0 Å². The Morgan fingerprint density at radius 1 is 1.00 bits per heavy atom.